The highest BCUT2D eigenvalue weighted by atomic mass is 16.6. The number of esters is 1. The second-order valence-corrected chi connectivity index (χ2v) is 4.09. The molecule has 0 aromatic carbocycles. The number of aromatic nitrogens is 4. The largest absolute Gasteiger partial charge is 0.451 e. The SMILES string of the molecule is CCCn1nc(C(=O)OCc2nc(C)no2)ccc1=O. The van der Waals surface area contributed by atoms with Gasteiger partial charge in [0, 0.05) is 12.6 Å². The van der Waals surface area contributed by atoms with Crippen LogP contribution in [0.1, 0.15) is 35.5 Å². The Balaban J connectivity index is 2.05. The van der Waals surface area contributed by atoms with E-state index in [0.717, 1.165) is 6.42 Å². The topological polar surface area (TPSA) is 100 Å². The lowest BCUT2D eigenvalue weighted by Crippen LogP contribution is -2.24. The molecule has 0 saturated heterocycles. The lowest BCUT2D eigenvalue weighted by molar-refractivity contribution is 0.0419. The first kappa shape index (κ1) is 13.9. The van der Waals surface area contributed by atoms with Crippen molar-refractivity contribution in [2.75, 3.05) is 0 Å². The van der Waals surface area contributed by atoms with Gasteiger partial charge in [0.25, 0.3) is 11.4 Å². The zero-order valence-electron chi connectivity index (χ0n) is 11.2. The van der Waals surface area contributed by atoms with Crippen molar-refractivity contribution < 1.29 is 14.1 Å². The van der Waals surface area contributed by atoms with Crippen LogP contribution in [-0.4, -0.2) is 25.9 Å². The van der Waals surface area contributed by atoms with E-state index in [-0.39, 0.29) is 23.8 Å². The Bertz CT molecular complexity index is 661. The van der Waals surface area contributed by atoms with Gasteiger partial charge >= 0.3 is 5.97 Å². The molecule has 106 valence electrons. The van der Waals surface area contributed by atoms with Crippen LogP contribution in [0.3, 0.4) is 0 Å². The molecule has 0 N–H and O–H groups in total. The molecular weight excluding hydrogens is 264 g/mol. The molecular formula is C12H14N4O4. The molecule has 0 aliphatic carbocycles. The Morgan fingerprint density at radius 2 is 2.25 bits per heavy atom. The van der Waals surface area contributed by atoms with Crippen LogP contribution in [0, 0.1) is 6.92 Å². The number of carbonyl (C=O) groups excluding carboxylic acids is 1. The summed E-state index contributed by atoms with van der Waals surface area (Å²) >= 11 is 0. The number of rotatable bonds is 5. The molecule has 0 aliphatic rings. The molecule has 0 saturated carbocycles. The molecule has 0 fully saturated rings. The molecule has 2 heterocycles. The quantitative estimate of drug-likeness (QED) is 0.742. The highest BCUT2D eigenvalue weighted by molar-refractivity contribution is 5.86. The molecule has 8 heteroatoms. The summed E-state index contributed by atoms with van der Waals surface area (Å²) in [5, 5.41) is 7.52. The van der Waals surface area contributed by atoms with Gasteiger partial charge in [-0.15, -0.1) is 0 Å². The average Bonchev–Trinajstić information content (AvgIpc) is 2.84. The summed E-state index contributed by atoms with van der Waals surface area (Å²) in [5.74, 6) is 0.0223. The number of ether oxygens (including phenoxy) is 1. The van der Waals surface area contributed by atoms with Crippen molar-refractivity contribution in [3.63, 3.8) is 0 Å². The number of hydrogen-bond donors (Lipinski definition) is 0. The Morgan fingerprint density at radius 3 is 2.90 bits per heavy atom. The van der Waals surface area contributed by atoms with Gasteiger partial charge in [-0.1, -0.05) is 12.1 Å². The van der Waals surface area contributed by atoms with Gasteiger partial charge < -0.3 is 9.26 Å². The molecule has 20 heavy (non-hydrogen) atoms. The average molecular weight is 278 g/mol. The summed E-state index contributed by atoms with van der Waals surface area (Å²) < 4.78 is 11.0. The molecule has 2 rings (SSSR count). The van der Waals surface area contributed by atoms with Crippen LogP contribution in [0.4, 0.5) is 0 Å². The van der Waals surface area contributed by atoms with Crippen LogP contribution in [0.15, 0.2) is 21.5 Å². The predicted octanol–water partition coefficient (Wildman–Crippen LogP) is 0.702. The zero-order valence-corrected chi connectivity index (χ0v) is 11.2. The van der Waals surface area contributed by atoms with Crippen LogP contribution in [0.25, 0.3) is 0 Å². The van der Waals surface area contributed by atoms with E-state index < -0.39 is 5.97 Å². The van der Waals surface area contributed by atoms with Crippen LogP contribution < -0.4 is 5.56 Å². The Morgan fingerprint density at radius 1 is 1.45 bits per heavy atom. The van der Waals surface area contributed by atoms with Crippen molar-refractivity contribution in [1.29, 1.82) is 0 Å². The van der Waals surface area contributed by atoms with Gasteiger partial charge in [0.05, 0.1) is 0 Å². The Labute approximate surface area is 114 Å². The fourth-order valence-electron chi connectivity index (χ4n) is 1.53. The Kier molecular flexibility index (Phi) is 4.24. The number of aryl methyl sites for hydroxylation is 2. The second kappa shape index (κ2) is 6.09. The van der Waals surface area contributed by atoms with Crippen molar-refractivity contribution in [3.8, 4) is 0 Å². The van der Waals surface area contributed by atoms with Crippen molar-refractivity contribution in [2.45, 2.75) is 33.4 Å². The van der Waals surface area contributed by atoms with E-state index in [2.05, 4.69) is 15.2 Å². The van der Waals surface area contributed by atoms with E-state index in [1.165, 1.54) is 16.8 Å². The molecule has 0 unspecified atom stereocenters. The van der Waals surface area contributed by atoms with Gasteiger partial charge in [0.15, 0.2) is 18.1 Å². The molecule has 0 radical (unpaired) electrons. The molecule has 0 atom stereocenters. The maximum absolute atomic E-state index is 11.8. The summed E-state index contributed by atoms with van der Waals surface area (Å²) in [7, 11) is 0. The summed E-state index contributed by atoms with van der Waals surface area (Å²) in [6.07, 6.45) is 0.743. The summed E-state index contributed by atoms with van der Waals surface area (Å²) in [6, 6.07) is 2.62. The summed E-state index contributed by atoms with van der Waals surface area (Å²) in [4.78, 5) is 27.2. The first-order valence-electron chi connectivity index (χ1n) is 6.14. The summed E-state index contributed by atoms with van der Waals surface area (Å²) in [5.41, 5.74) is -0.190. The van der Waals surface area contributed by atoms with E-state index >= 15 is 0 Å². The first-order chi connectivity index (χ1) is 9.60. The van der Waals surface area contributed by atoms with Crippen molar-refractivity contribution in [2.24, 2.45) is 0 Å². The lowest BCUT2D eigenvalue weighted by atomic mass is 10.4. The minimum absolute atomic E-state index is 0.0642. The molecule has 2 aromatic rings. The first-order valence-corrected chi connectivity index (χ1v) is 6.14. The highest BCUT2D eigenvalue weighted by Crippen LogP contribution is 2.02. The normalized spacial score (nSPS) is 10.5. The van der Waals surface area contributed by atoms with Gasteiger partial charge in [-0.25, -0.2) is 9.48 Å². The molecule has 0 bridgehead atoms. The third-order valence-electron chi connectivity index (χ3n) is 2.41. The van der Waals surface area contributed by atoms with Gasteiger partial charge in [-0.3, -0.25) is 4.79 Å². The zero-order chi connectivity index (χ0) is 14.5. The maximum atomic E-state index is 11.8. The third-order valence-corrected chi connectivity index (χ3v) is 2.41. The van der Waals surface area contributed by atoms with E-state index in [1.54, 1.807) is 6.92 Å². The fourth-order valence-corrected chi connectivity index (χ4v) is 1.53. The minimum Gasteiger partial charge on any atom is -0.451 e. The monoisotopic (exact) mass is 278 g/mol. The fraction of sp³-hybridized carbons (Fsp3) is 0.417. The van der Waals surface area contributed by atoms with E-state index in [0.29, 0.717) is 12.4 Å². The number of hydrogen-bond acceptors (Lipinski definition) is 7. The van der Waals surface area contributed by atoms with E-state index in [4.69, 9.17) is 9.26 Å². The number of carbonyl (C=O) groups is 1. The van der Waals surface area contributed by atoms with Crippen LogP contribution in [-0.2, 0) is 17.9 Å². The molecule has 2 aromatic heterocycles. The van der Waals surface area contributed by atoms with Gasteiger partial charge in [0.1, 0.15) is 0 Å². The second-order valence-electron chi connectivity index (χ2n) is 4.09. The van der Waals surface area contributed by atoms with Crippen molar-refractivity contribution >= 4 is 5.97 Å². The van der Waals surface area contributed by atoms with E-state index in [9.17, 15) is 9.59 Å². The molecule has 0 aliphatic heterocycles. The smallest absolute Gasteiger partial charge is 0.359 e. The van der Waals surface area contributed by atoms with Crippen molar-refractivity contribution in [1.82, 2.24) is 19.9 Å². The minimum atomic E-state index is -0.647. The molecule has 8 nitrogen and oxygen atoms in total. The van der Waals surface area contributed by atoms with Crippen molar-refractivity contribution in [3.05, 3.63) is 39.9 Å². The molecule has 0 spiro atoms. The van der Waals surface area contributed by atoms with Crippen LogP contribution in [0.5, 0.6) is 0 Å². The summed E-state index contributed by atoms with van der Waals surface area (Å²) in [6.45, 7) is 3.89. The number of nitrogens with zero attached hydrogens (tertiary/aromatic N) is 4. The predicted molar refractivity (Wildman–Crippen MR) is 66.9 cm³/mol. The van der Waals surface area contributed by atoms with Crippen LogP contribution in [0.2, 0.25) is 0 Å². The Hall–Kier alpha value is -2.51. The maximum Gasteiger partial charge on any atom is 0.359 e. The van der Waals surface area contributed by atoms with Crippen LogP contribution >= 0.6 is 0 Å². The lowest BCUT2D eigenvalue weighted by Gasteiger charge is -2.05. The third kappa shape index (κ3) is 3.28. The van der Waals surface area contributed by atoms with Gasteiger partial charge in [-0.2, -0.15) is 10.1 Å². The van der Waals surface area contributed by atoms with E-state index in [1.807, 2.05) is 6.92 Å². The molecule has 0 amide bonds. The highest BCUT2D eigenvalue weighted by Gasteiger charge is 2.13. The van der Waals surface area contributed by atoms with Gasteiger partial charge in [0.2, 0.25) is 0 Å². The van der Waals surface area contributed by atoms with Gasteiger partial charge in [-0.05, 0) is 19.4 Å². The standard InChI is InChI=1S/C12H14N4O4/c1-3-6-16-11(17)5-4-9(14-16)12(18)19-7-10-13-8(2)15-20-10/h4-5H,3,6-7H2,1-2H3.